The highest BCUT2D eigenvalue weighted by atomic mass is 16.4. The van der Waals surface area contributed by atoms with E-state index in [1.165, 1.54) is 0 Å². The molecule has 3 heterocycles. The van der Waals surface area contributed by atoms with Crippen LogP contribution in [0.25, 0.3) is 5.69 Å². The van der Waals surface area contributed by atoms with Crippen molar-refractivity contribution in [3.05, 3.63) is 30.3 Å². The second-order valence-corrected chi connectivity index (χ2v) is 6.69. The first-order chi connectivity index (χ1) is 11.7. The maximum Gasteiger partial charge on any atom is 0.320 e. The number of hydrogen-bond donors (Lipinski definition) is 2. The Bertz CT molecular complexity index is 723. The zero-order chi connectivity index (χ0) is 16.6. The molecule has 1 aromatic heterocycles. The fraction of sp³-hybridized carbons (Fsp3) is 0.500. The molecule has 0 saturated carbocycles. The number of carbonyl (C=O) groups is 1. The van der Waals surface area contributed by atoms with Gasteiger partial charge in [-0.15, -0.1) is 0 Å². The van der Waals surface area contributed by atoms with E-state index < -0.39 is 12.0 Å². The van der Waals surface area contributed by atoms with E-state index in [0.717, 1.165) is 44.1 Å². The maximum atomic E-state index is 11.2. The fourth-order valence-electron chi connectivity index (χ4n) is 3.77. The quantitative estimate of drug-likeness (QED) is 0.856. The van der Waals surface area contributed by atoms with Crippen molar-refractivity contribution in [1.29, 1.82) is 0 Å². The molecular formula is C16H20N6O2. The van der Waals surface area contributed by atoms with Crippen LogP contribution in [0.2, 0.25) is 0 Å². The third-order valence-electron chi connectivity index (χ3n) is 5.22. The van der Waals surface area contributed by atoms with E-state index in [0.29, 0.717) is 6.42 Å². The second-order valence-electron chi connectivity index (χ2n) is 6.69. The van der Waals surface area contributed by atoms with Crippen LogP contribution < -0.4 is 10.2 Å². The van der Waals surface area contributed by atoms with Gasteiger partial charge in [-0.1, -0.05) is 23.3 Å². The average Bonchev–Trinajstić information content (AvgIpc) is 3.24. The number of aliphatic carboxylic acids is 1. The van der Waals surface area contributed by atoms with E-state index >= 15 is 0 Å². The highest BCUT2D eigenvalue weighted by Crippen LogP contribution is 2.40. The minimum atomic E-state index is -0.748. The van der Waals surface area contributed by atoms with Crippen molar-refractivity contribution in [2.45, 2.75) is 25.3 Å². The molecule has 8 nitrogen and oxygen atoms in total. The number of aromatic nitrogens is 4. The summed E-state index contributed by atoms with van der Waals surface area (Å²) in [6, 6.07) is 9.42. The first-order valence-electron chi connectivity index (χ1n) is 8.22. The molecule has 1 aromatic carbocycles. The number of rotatable bonds is 3. The molecule has 0 bridgehead atoms. The fourth-order valence-corrected chi connectivity index (χ4v) is 3.77. The van der Waals surface area contributed by atoms with Crippen LogP contribution >= 0.6 is 0 Å². The molecule has 0 radical (unpaired) electrons. The number of para-hydroxylation sites is 1. The van der Waals surface area contributed by atoms with E-state index in [4.69, 9.17) is 0 Å². The van der Waals surface area contributed by atoms with E-state index in [1.807, 2.05) is 30.3 Å². The summed E-state index contributed by atoms with van der Waals surface area (Å²) in [6.07, 6.45) is 2.61. The van der Waals surface area contributed by atoms with Crippen LogP contribution in [0.15, 0.2) is 30.3 Å². The molecule has 2 aliphatic heterocycles. The average molecular weight is 328 g/mol. The van der Waals surface area contributed by atoms with Gasteiger partial charge in [-0.2, -0.15) is 4.68 Å². The lowest BCUT2D eigenvalue weighted by atomic mass is 9.76. The number of hydrogen-bond acceptors (Lipinski definition) is 6. The molecule has 2 N–H and O–H groups in total. The number of nitrogens with zero attached hydrogens (tertiary/aromatic N) is 5. The zero-order valence-electron chi connectivity index (χ0n) is 13.3. The van der Waals surface area contributed by atoms with Gasteiger partial charge in [-0.05, 0) is 47.2 Å². The predicted molar refractivity (Wildman–Crippen MR) is 87.1 cm³/mol. The summed E-state index contributed by atoms with van der Waals surface area (Å²) in [5, 5.41) is 24.5. The van der Waals surface area contributed by atoms with Gasteiger partial charge in [0.25, 0.3) is 0 Å². The van der Waals surface area contributed by atoms with Gasteiger partial charge >= 0.3 is 5.97 Å². The normalized spacial score (nSPS) is 22.8. The third kappa shape index (κ3) is 2.62. The lowest BCUT2D eigenvalue weighted by Gasteiger charge is -2.38. The first-order valence-corrected chi connectivity index (χ1v) is 8.22. The van der Waals surface area contributed by atoms with Gasteiger partial charge in [-0.25, -0.2) is 0 Å². The van der Waals surface area contributed by atoms with Crippen molar-refractivity contribution in [3.8, 4) is 5.69 Å². The van der Waals surface area contributed by atoms with E-state index in [2.05, 4.69) is 25.7 Å². The summed E-state index contributed by atoms with van der Waals surface area (Å²) < 4.78 is 1.75. The van der Waals surface area contributed by atoms with Gasteiger partial charge in [0.1, 0.15) is 6.04 Å². The zero-order valence-corrected chi connectivity index (χ0v) is 13.3. The molecular weight excluding hydrogens is 308 g/mol. The van der Waals surface area contributed by atoms with Gasteiger partial charge in [-0.3, -0.25) is 4.79 Å². The van der Waals surface area contributed by atoms with E-state index in [1.54, 1.807) is 4.68 Å². The summed E-state index contributed by atoms with van der Waals surface area (Å²) in [7, 11) is 0. The highest BCUT2D eigenvalue weighted by Gasteiger charge is 2.44. The number of piperidine rings is 1. The van der Waals surface area contributed by atoms with Crippen LogP contribution in [0.4, 0.5) is 5.95 Å². The molecule has 0 unspecified atom stereocenters. The minimum absolute atomic E-state index is 0.0879. The van der Waals surface area contributed by atoms with Crippen molar-refractivity contribution in [2.24, 2.45) is 5.41 Å². The standard InChI is InChI=1S/C16H20N6O2/c23-14(24)13-10-16(11-17-13)6-8-21(9-7-16)15-18-19-20-22(15)12-4-2-1-3-5-12/h1-5,13,17H,6-11H2,(H,23,24)/t13-/m0/s1. The Morgan fingerprint density at radius 3 is 2.67 bits per heavy atom. The maximum absolute atomic E-state index is 11.2. The summed E-state index contributed by atoms with van der Waals surface area (Å²) in [4.78, 5) is 13.4. The smallest absolute Gasteiger partial charge is 0.320 e. The highest BCUT2D eigenvalue weighted by molar-refractivity contribution is 5.74. The van der Waals surface area contributed by atoms with Gasteiger partial charge < -0.3 is 15.3 Å². The first kappa shape index (κ1) is 15.1. The van der Waals surface area contributed by atoms with Crippen molar-refractivity contribution in [3.63, 3.8) is 0 Å². The van der Waals surface area contributed by atoms with Crippen LogP contribution in [0.3, 0.4) is 0 Å². The summed E-state index contributed by atoms with van der Waals surface area (Å²) >= 11 is 0. The lowest BCUT2D eigenvalue weighted by Crippen LogP contribution is -2.42. The van der Waals surface area contributed by atoms with Crippen LogP contribution in [0, 0.1) is 5.41 Å². The molecule has 2 aromatic rings. The van der Waals surface area contributed by atoms with Crippen LogP contribution in [0.1, 0.15) is 19.3 Å². The summed E-state index contributed by atoms with van der Waals surface area (Å²) in [6.45, 7) is 2.45. The van der Waals surface area contributed by atoms with Gasteiger partial charge in [0.2, 0.25) is 5.95 Å². The Balaban J connectivity index is 1.48. The van der Waals surface area contributed by atoms with Crippen LogP contribution in [0.5, 0.6) is 0 Å². The number of carboxylic acids is 1. The topological polar surface area (TPSA) is 96.2 Å². The van der Waals surface area contributed by atoms with Gasteiger partial charge in [0, 0.05) is 19.6 Å². The third-order valence-corrected chi connectivity index (χ3v) is 5.22. The molecule has 0 amide bonds. The van der Waals surface area contributed by atoms with E-state index in [9.17, 15) is 9.90 Å². The number of tetrazole rings is 1. The summed E-state index contributed by atoms with van der Waals surface area (Å²) in [5.74, 6) is -0.000819. The molecule has 2 fully saturated rings. The minimum Gasteiger partial charge on any atom is -0.480 e. The predicted octanol–water partition coefficient (Wildman–Crippen LogP) is 0.695. The van der Waals surface area contributed by atoms with Crippen LogP contribution in [-0.2, 0) is 4.79 Å². The Hall–Kier alpha value is -2.48. The number of benzene rings is 1. The molecule has 8 heteroatoms. The Morgan fingerprint density at radius 1 is 1.25 bits per heavy atom. The monoisotopic (exact) mass is 328 g/mol. The number of nitrogens with one attached hydrogen (secondary N) is 1. The van der Waals surface area contributed by atoms with Crippen molar-refractivity contribution in [2.75, 3.05) is 24.5 Å². The molecule has 0 aliphatic carbocycles. The number of anilines is 1. The molecule has 2 aliphatic rings. The second kappa shape index (κ2) is 5.86. The molecule has 126 valence electrons. The van der Waals surface area contributed by atoms with Gasteiger partial charge in [0.05, 0.1) is 5.69 Å². The molecule has 2 saturated heterocycles. The number of carboxylic acid groups (broad SMARTS) is 1. The Labute approximate surface area is 139 Å². The largest absolute Gasteiger partial charge is 0.480 e. The van der Waals surface area contributed by atoms with Gasteiger partial charge in [0.15, 0.2) is 0 Å². The molecule has 1 atom stereocenters. The van der Waals surface area contributed by atoms with E-state index in [-0.39, 0.29) is 5.41 Å². The van der Waals surface area contributed by atoms with Crippen molar-refractivity contribution < 1.29 is 9.90 Å². The summed E-state index contributed by atoms with van der Waals surface area (Å²) in [5.41, 5.74) is 1.02. The molecule has 4 rings (SSSR count). The van der Waals surface area contributed by atoms with Crippen molar-refractivity contribution >= 4 is 11.9 Å². The molecule has 24 heavy (non-hydrogen) atoms. The Morgan fingerprint density at radius 2 is 2.00 bits per heavy atom. The Kier molecular flexibility index (Phi) is 3.68. The molecule has 1 spiro atoms. The van der Waals surface area contributed by atoms with Crippen LogP contribution in [-0.4, -0.2) is 57.0 Å². The lowest BCUT2D eigenvalue weighted by molar-refractivity contribution is -0.139. The SMILES string of the molecule is O=C(O)[C@@H]1CC2(CCN(c3nnnn3-c3ccccc3)CC2)CN1. The van der Waals surface area contributed by atoms with Crippen molar-refractivity contribution in [1.82, 2.24) is 25.5 Å².